The van der Waals surface area contributed by atoms with Gasteiger partial charge in [0.1, 0.15) is 5.82 Å². The Morgan fingerprint density at radius 1 is 1.15 bits per heavy atom. The highest BCUT2D eigenvalue weighted by Gasteiger charge is 2.31. The summed E-state index contributed by atoms with van der Waals surface area (Å²) in [6.07, 6.45) is 5.64. The molecule has 0 spiro atoms. The Morgan fingerprint density at radius 2 is 1.93 bits per heavy atom. The van der Waals surface area contributed by atoms with Crippen LogP contribution in [0.4, 0.5) is 10.1 Å². The summed E-state index contributed by atoms with van der Waals surface area (Å²) in [6.45, 7) is 3.73. The molecule has 1 N–H and O–H groups in total. The number of amides is 1. The Bertz CT molecular complexity index is 773. The van der Waals surface area contributed by atoms with E-state index in [2.05, 4.69) is 26.2 Å². The number of para-hydroxylation sites is 1. The van der Waals surface area contributed by atoms with E-state index in [1.807, 2.05) is 24.4 Å². The second kappa shape index (κ2) is 8.05. The standard InChI is InChI=1S/C21H25FN4O/c22-18-5-1-2-6-19(18)25-10-12-26(13-11-25)20(17-4-3-9-23-14-17)15-24-21(27)16-7-8-16/h1-6,9,14,16,20H,7-8,10-13,15H2,(H,24,27)/t20-/m0/s1. The van der Waals surface area contributed by atoms with Gasteiger partial charge in [-0.3, -0.25) is 14.7 Å². The van der Waals surface area contributed by atoms with Crippen LogP contribution in [0.15, 0.2) is 48.8 Å². The summed E-state index contributed by atoms with van der Waals surface area (Å²) >= 11 is 0. The molecule has 1 saturated heterocycles. The molecule has 1 aromatic heterocycles. The number of carbonyl (C=O) groups excluding carboxylic acids is 1. The number of piperazine rings is 1. The van der Waals surface area contributed by atoms with Crippen LogP contribution in [-0.2, 0) is 4.79 Å². The van der Waals surface area contributed by atoms with Gasteiger partial charge in [0.2, 0.25) is 5.91 Å². The lowest BCUT2D eigenvalue weighted by Crippen LogP contribution is -2.50. The molecule has 2 heterocycles. The fraction of sp³-hybridized carbons (Fsp3) is 0.429. The molecule has 1 atom stereocenters. The molecule has 142 valence electrons. The van der Waals surface area contributed by atoms with Gasteiger partial charge in [-0.15, -0.1) is 0 Å². The van der Waals surface area contributed by atoms with Gasteiger partial charge in [0.25, 0.3) is 0 Å². The van der Waals surface area contributed by atoms with Crippen molar-refractivity contribution in [2.75, 3.05) is 37.6 Å². The fourth-order valence-corrected chi connectivity index (χ4v) is 3.70. The summed E-state index contributed by atoms with van der Waals surface area (Å²) in [5, 5.41) is 3.11. The number of nitrogens with one attached hydrogen (secondary N) is 1. The molecule has 2 aromatic rings. The lowest BCUT2D eigenvalue weighted by atomic mass is 10.1. The van der Waals surface area contributed by atoms with Crippen molar-refractivity contribution in [2.45, 2.75) is 18.9 Å². The molecule has 5 nitrogen and oxygen atoms in total. The SMILES string of the molecule is O=C(NC[C@@H](c1cccnc1)N1CCN(c2ccccc2F)CC1)C1CC1. The number of rotatable bonds is 6. The van der Waals surface area contributed by atoms with Crippen molar-refractivity contribution in [2.24, 2.45) is 5.92 Å². The van der Waals surface area contributed by atoms with Crippen molar-refractivity contribution in [1.82, 2.24) is 15.2 Å². The Hall–Kier alpha value is -2.47. The zero-order chi connectivity index (χ0) is 18.6. The number of halogens is 1. The maximum atomic E-state index is 14.1. The summed E-state index contributed by atoms with van der Waals surface area (Å²) in [7, 11) is 0. The predicted molar refractivity (Wildman–Crippen MR) is 103 cm³/mol. The molecular formula is C21H25FN4O. The third-order valence-electron chi connectivity index (χ3n) is 5.44. The molecule has 6 heteroatoms. The number of benzene rings is 1. The van der Waals surface area contributed by atoms with E-state index < -0.39 is 0 Å². The Labute approximate surface area is 159 Å². The number of hydrogen-bond acceptors (Lipinski definition) is 4. The van der Waals surface area contributed by atoms with Gasteiger partial charge in [-0.05, 0) is 36.6 Å². The normalized spacial score (nSPS) is 18.9. The summed E-state index contributed by atoms with van der Waals surface area (Å²) in [5.41, 5.74) is 1.77. The summed E-state index contributed by atoms with van der Waals surface area (Å²) in [5.74, 6) is 0.192. The molecule has 0 radical (unpaired) electrons. The van der Waals surface area contributed by atoms with Gasteiger partial charge in [-0.2, -0.15) is 0 Å². The fourth-order valence-electron chi connectivity index (χ4n) is 3.70. The summed E-state index contributed by atoms with van der Waals surface area (Å²) < 4.78 is 14.1. The second-order valence-electron chi connectivity index (χ2n) is 7.30. The van der Waals surface area contributed by atoms with Crippen LogP contribution in [0.1, 0.15) is 24.4 Å². The first-order chi connectivity index (χ1) is 13.2. The summed E-state index contributed by atoms with van der Waals surface area (Å²) in [4.78, 5) is 20.8. The molecule has 1 amide bonds. The highest BCUT2D eigenvalue weighted by Crippen LogP contribution is 2.29. The van der Waals surface area contributed by atoms with E-state index in [9.17, 15) is 9.18 Å². The Kier molecular flexibility index (Phi) is 5.34. The first-order valence-electron chi connectivity index (χ1n) is 9.63. The largest absolute Gasteiger partial charge is 0.367 e. The molecule has 2 fully saturated rings. The number of carbonyl (C=O) groups is 1. The van der Waals surface area contributed by atoms with Crippen molar-refractivity contribution in [1.29, 1.82) is 0 Å². The minimum absolute atomic E-state index is 0.0872. The molecule has 1 saturated carbocycles. The molecular weight excluding hydrogens is 343 g/mol. The lowest BCUT2D eigenvalue weighted by Gasteiger charge is -2.40. The van der Waals surface area contributed by atoms with Gasteiger partial charge in [0, 0.05) is 51.0 Å². The van der Waals surface area contributed by atoms with Crippen molar-refractivity contribution in [3.63, 3.8) is 0 Å². The van der Waals surface area contributed by atoms with Gasteiger partial charge < -0.3 is 10.2 Å². The van der Waals surface area contributed by atoms with Crippen LogP contribution in [0, 0.1) is 11.7 Å². The van der Waals surface area contributed by atoms with Crippen LogP contribution in [-0.4, -0.2) is 48.5 Å². The van der Waals surface area contributed by atoms with Crippen LogP contribution in [0.25, 0.3) is 0 Å². The van der Waals surface area contributed by atoms with E-state index in [1.165, 1.54) is 6.07 Å². The maximum absolute atomic E-state index is 14.1. The van der Waals surface area contributed by atoms with Crippen LogP contribution in [0.3, 0.4) is 0 Å². The third-order valence-corrected chi connectivity index (χ3v) is 5.44. The van der Waals surface area contributed by atoms with E-state index in [0.29, 0.717) is 12.2 Å². The minimum atomic E-state index is -0.175. The smallest absolute Gasteiger partial charge is 0.223 e. The molecule has 2 aliphatic rings. The highest BCUT2D eigenvalue weighted by molar-refractivity contribution is 5.80. The number of hydrogen-bond donors (Lipinski definition) is 1. The molecule has 1 aliphatic heterocycles. The molecule has 0 bridgehead atoms. The first kappa shape index (κ1) is 17.9. The maximum Gasteiger partial charge on any atom is 0.223 e. The monoisotopic (exact) mass is 368 g/mol. The predicted octanol–water partition coefficient (Wildman–Crippen LogP) is 2.61. The number of aromatic nitrogens is 1. The lowest BCUT2D eigenvalue weighted by molar-refractivity contribution is -0.122. The van der Waals surface area contributed by atoms with E-state index in [4.69, 9.17) is 0 Å². The first-order valence-corrected chi connectivity index (χ1v) is 9.63. The van der Waals surface area contributed by atoms with Gasteiger partial charge in [0.15, 0.2) is 0 Å². The molecule has 0 unspecified atom stereocenters. The van der Waals surface area contributed by atoms with Crippen molar-refractivity contribution >= 4 is 11.6 Å². The van der Waals surface area contributed by atoms with Crippen molar-refractivity contribution < 1.29 is 9.18 Å². The quantitative estimate of drug-likeness (QED) is 0.852. The van der Waals surface area contributed by atoms with Crippen LogP contribution in [0.5, 0.6) is 0 Å². The molecule has 4 rings (SSSR count). The van der Waals surface area contributed by atoms with Gasteiger partial charge in [-0.25, -0.2) is 4.39 Å². The van der Waals surface area contributed by atoms with E-state index in [0.717, 1.165) is 44.6 Å². The average Bonchev–Trinajstić information content (AvgIpc) is 3.55. The van der Waals surface area contributed by atoms with Gasteiger partial charge in [-0.1, -0.05) is 18.2 Å². The van der Waals surface area contributed by atoms with E-state index in [1.54, 1.807) is 12.3 Å². The third kappa shape index (κ3) is 4.27. The number of pyridine rings is 1. The van der Waals surface area contributed by atoms with Gasteiger partial charge >= 0.3 is 0 Å². The summed E-state index contributed by atoms with van der Waals surface area (Å²) in [6, 6.07) is 11.0. The number of anilines is 1. The Balaban J connectivity index is 1.43. The van der Waals surface area contributed by atoms with E-state index >= 15 is 0 Å². The highest BCUT2D eigenvalue weighted by atomic mass is 19.1. The van der Waals surface area contributed by atoms with Crippen LogP contribution < -0.4 is 10.2 Å². The van der Waals surface area contributed by atoms with Crippen molar-refractivity contribution in [3.8, 4) is 0 Å². The molecule has 1 aliphatic carbocycles. The van der Waals surface area contributed by atoms with E-state index in [-0.39, 0.29) is 23.7 Å². The Morgan fingerprint density at radius 3 is 2.59 bits per heavy atom. The molecule has 1 aromatic carbocycles. The van der Waals surface area contributed by atoms with Crippen LogP contribution >= 0.6 is 0 Å². The number of nitrogens with zero attached hydrogens (tertiary/aromatic N) is 3. The van der Waals surface area contributed by atoms with Crippen LogP contribution in [0.2, 0.25) is 0 Å². The zero-order valence-corrected chi connectivity index (χ0v) is 15.4. The average molecular weight is 368 g/mol. The zero-order valence-electron chi connectivity index (χ0n) is 15.4. The minimum Gasteiger partial charge on any atom is -0.367 e. The second-order valence-corrected chi connectivity index (χ2v) is 7.30. The topological polar surface area (TPSA) is 48.5 Å². The van der Waals surface area contributed by atoms with Crippen molar-refractivity contribution in [3.05, 3.63) is 60.2 Å². The molecule has 27 heavy (non-hydrogen) atoms. The van der Waals surface area contributed by atoms with Gasteiger partial charge in [0.05, 0.1) is 11.7 Å².